The predicted molar refractivity (Wildman–Crippen MR) is 51.5 cm³/mol. The van der Waals surface area contributed by atoms with E-state index in [0.29, 0.717) is 15.0 Å². The highest BCUT2D eigenvalue weighted by Crippen LogP contribution is 2.25. The third-order valence-corrected chi connectivity index (χ3v) is 2.57. The Morgan fingerprint density at radius 2 is 2.54 bits per heavy atom. The Kier molecular flexibility index (Phi) is 2.24. The Morgan fingerprint density at radius 1 is 1.69 bits per heavy atom. The van der Waals surface area contributed by atoms with E-state index in [1.165, 1.54) is 18.0 Å². The van der Waals surface area contributed by atoms with Gasteiger partial charge in [0.2, 0.25) is 6.79 Å². The molecule has 0 saturated carbocycles. The molecule has 13 heavy (non-hydrogen) atoms. The van der Waals surface area contributed by atoms with Crippen LogP contribution in [0.15, 0.2) is 23.0 Å². The highest BCUT2D eigenvalue weighted by atomic mass is 32.2. The molecule has 1 saturated heterocycles. The van der Waals surface area contributed by atoms with Crippen molar-refractivity contribution in [3.8, 4) is 0 Å². The number of hydrogen-bond acceptors (Lipinski definition) is 5. The van der Waals surface area contributed by atoms with Crippen molar-refractivity contribution in [2.75, 3.05) is 6.79 Å². The Hall–Kier alpha value is -1.01. The van der Waals surface area contributed by atoms with Crippen LogP contribution >= 0.6 is 24.0 Å². The van der Waals surface area contributed by atoms with Crippen LogP contribution in [0.2, 0.25) is 0 Å². The molecule has 0 unspecified atom stereocenters. The summed E-state index contributed by atoms with van der Waals surface area (Å²) in [4.78, 5) is 11.7. The van der Waals surface area contributed by atoms with E-state index in [1.807, 2.05) is 0 Å². The van der Waals surface area contributed by atoms with Gasteiger partial charge in [-0.05, 0) is 0 Å². The maximum Gasteiger partial charge on any atom is 0.263 e. The minimum atomic E-state index is -0.189. The van der Waals surface area contributed by atoms with Gasteiger partial charge in [-0.1, -0.05) is 24.0 Å². The number of carbonyl (C=O) groups is 1. The van der Waals surface area contributed by atoms with E-state index in [2.05, 4.69) is 5.32 Å². The summed E-state index contributed by atoms with van der Waals surface area (Å²) < 4.78 is 10.3. The molecule has 0 aromatic carbocycles. The summed E-state index contributed by atoms with van der Waals surface area (Å²) in [6, 6.07) is 0. The fourth-order valence-electron chi connectivity index (χ4n) is 0.878. The quantitative estimate of drug-likeness (QED) is 0.519. The molecule has 0 aliphatic carbocycles. The zero-order valence-corrected chi connectivity index (χ0v) is 8.04. The van der Waals surface area contributed by atoms with Gasteiger partial charge in [0.25, 0.3) is 5.91 Å². The molecule has 2 aliphatic rings. The summed E-state index contributed by atoms with van der Waals surface area (Å²) in [5.74, 6) is 0.355. The van der Waals surface area contributed by atoms with Crippen molar-refractivity contribution in [2.45, 2.75) is 0 Å². The lowest BCUT2D eigenvalue weighted by atomic mass is 10.4. The van der Waals surface area contributed by atoms with Crippen molar-refractivity contribution in [3.05, 3.63) is 23.0 Å². The summed E-state index contributed by atoms with van der Waals surface area (Å²) >= 11 is 6.03. The number of ether oxygens (including phenoxy) is 2. The molecule has 0 atom stereocenters. The third-order valence-electron chi connectivity index (χ3n) is 1.41. The lowest BCUT2D eigenvalue weighted by molar-refractivity contribution is -0.115. The van der Waals surface area contributed by atoms with E-state index in [4.69, 9.17) is 21.7 Å². The molecule has 6 heteroatoms. The van der Waals surface area contributed by atoms with E-state index in [1.54, 1.807) is 6.08 Å². The maximum atomic E-state index is 11.2. The van der Waals surface area contributed by atoms with Crippen LogP contribution in [0.5, 0.6) is 0 Å². The maximum absolute atomic E-state index is 11.2. The minimum Gasteiger partial charge on any atom is -0.461 e. The standard InChI is InChI=1S/C7H5NO3S2/c9-6-5(13-7(12)8-6)1-4-2-10-3-11-4/h1-2H,3H2,(H,8,9,12). The van der Waals surface area contributed by atoms with E-state index < -0.39 is 0 Å². The van der Waals surface area contributed by atoms with Crippen molar-refractivity contribution in [3.63, 3.8) is 0 Å². The third kappa shape index (κ3) is 1.84. The first-order chi connectivity index (χ1) is 6.25. The number of carbonyl (C=O) groups excluding carboxylic acids is 1. The first-order valence-corrected chi connectivity index (χ1v) is 4.67. The van der Waals surface area contributed by atoms with E-state index in [0.717, 1.165) is 0 Å². The molecule has 2 heterocycles. The van der Waals surface area contributed by atoms with E-state index >= 15 is 0 Å². The molecule has 0 spiro atoms. The summed E-state index contributed by atoms with van der Waals surface area (Å²) in [6.07, 6.45) is 3.06. The fourth-order valence-corrected chi connectivity index (χ4v) is 1.90. The predicted octanol–water partition coefficient (Wildman–Crippen LogP) is 0.864. The van der Waals surface area contributed by atoms with Crippen LogP contribution in [-0.4, -0.2) is 17.0 Å². The molecule has 1 fully saturated rings. The Labute approximate surface area is 84.0 Å². The molecule has 0 radical (unpaired) electrons. The van der Waals surface area contributed by atoms with Gasteiger partial charge >= 0.3 is 0 Å². The second-order valence-electron chi connectivity index (χ2n) is 2.30. The fraction of sp³-hybridized carbons (Fsp3) is 0.143. The van der Waals surface area contributed by atoms with Crippen molar-refractivity contribution in [2.24, 2.45) is 0 Å². The van der Waals surface area contributed by atoms with Gasteiger partial charge in [-0.3, -0.25) is 4.79 Å². The van der Waals surface area contributed by atoms with Gasteiger partial charge in [-0.25, -0.2) is 0 Å². The molecular formula is C7H5NO3S2. The van der Waals surface area contributed by atoms with Crippen molar-refractivity contribution >= 4 is 34.2 Å². The second-order valence-corrected chi connectivity index (χ2v) is 4.02. The van der Waals surface area contributed by atoms with Gasteiger partial charge in [0, 0.05) is 6.08 Å². The average Bonchev–Trinajstić information content (AvgIpc) is 2.63. The van der Waals surface area contributed by atoms with E-state index in [-0.39, 0.29) is 12.7 Å². The van der Waals surface area contributed by atoms with Crippen LogP contribution in [-0.2, 0) is 14.3 Å². The lowest BCUT2D eigenvalue weighted by Crippen LogP contribution is -2.17. The molecule has 2 rings (SSSR count). The molecule has 2 aliphatic heterocycles. The summed E-state index contributed by atoms with van der Waals surface area (Å²) in [5, 5.41) is 2.50. The van der Waals surface area contributed by atoms with Crippen LogP contribution in [0, 0.1) is 0 Å². The van der Waals surface area contributed by atoms with Gasteiger partial charge < -0.3 is 14.8 Å². The van der Waals surface area contributed by atoms with Crippen molar-refractivity contribution in [1.29, 1.82) is 0 Å². The normalized spacial score (nSPS) is 24.0. The van der Waals surface area contributed by atoms with Crippen LogP contribution in [0.25, 0.3) is 0 Å². The van der Waals surface area contributed by atoms with E-state index in [9.17, 15) is 4.79 Å². The van der Waals surface area contributed by atoms with Gasteiger partial charge in [0.15, 0.2) is 5.76 Å². The van der Waals surface area contributed by atoms with Crippen LogP contribution in [0.1, 0.15) is 0 Å². The Morgan fingerprint density at radius 3 is 3.08 bits per heavy atom. The number of rotatable bonds is 1. The molecule has 68 valence electrons. The van der Waals surface area contributed by atoms with Crippen molar-refractivity contribution in [1.82, 2.24) is 5.32 Å². The average molecular weight is 215 g/mol. The first-order valence-electron chi connectivity index (χ1n) is 3.45. The smallest absolute Gasteiger partial charge is 0.263 e. The summed E-state index contributed by atoms with van der Waals surface area (Å²) in [5.41, 5.74) is 0. The molecular weight excluding hydrogens is 210 g/mol. The molecule has 1 N–H and O–H groups in total. The largest absolute Gasteiger partial charge is 0.461 e. The topological polar surface area (TPSA) is 47.6 Å². The Bertz CT molecular complexity index is 335. The number of hydrogen-bond donors (Lipinski definition) is 1. The van der Waals surface area contributed by atoms with Gasteiger partial charge in [0.05, 0.1) is 4.91 Å². The summed E-state index contributed by atoms with van der Waals surface area (Å²) in [7, 11) is 0. The van der Waals surface area contributed by atoms with Gasteiger partial charge in [0.1, 0.15) is 10.6 Å². The summed E-state index contributed by atoms with van der Waals surface area (Å²) in [6.45, 7) is 0.204. The lowest BCUT2D eigenvalue weighted by Gasteiger charge is -1.93. The van der Waals surface area contributed by atoms with Crippen LogP contribution in [0.3, 0.4) is 0 Å². The number of allylic oxidation sites excluding steroid dienone is 1. The number of thioether (sulfide) groups is 1. The minimum absolute atomic E-state index is 0.189. The zero-order chi connectivity index (χ0) is 9.26. The number of amides is 1. The zero-order valence-electron chi connectivity index (χ0n) is 6.40. The Balaban J connectivity index is 2.15. The van der Waals surface area contributed by atoms with Gasteiger partial charge in [-0.2, -0.15) is 0 Å². The molecule has 0 bridgehead atoms. The highest BCUT2D eigenvalue weighted by molar-refractivity contribution is 8.26. The van der Waals surface area contributed by atoms with Crippen LogP contribution < -0.4 is 5.32 Å². The molecule has 0 aromatic heterocycles. The molecule has 1 amide bonds. The molecule has 4 nitrogen and oxygen atoms in total. The highest BCUT2D eigenvalue weighted by Gasteiger charge is 2.23. The van der Waals surface area contributed by atoms with Crippen LogP contribution in [0.4, 0.5) is 0 Å². The SMILES string of the molecule is O=C1NC(=S)SC1=CC1=COCO1. The number of nitrogens with one attached hydrogen (secondary N) is 1. The second kappa shape index (κ2) is 3.39. The molecule has 0 aromatic rings. The number of thiocarbonyl (C=S) groups is 1. The van der Waals surface area contributed by atoms with Crippen molar-refractivity contribution < 1.29 is 14.3 Å². The first kappa shape index (κ1) is 8.58. The monoisotopic (exact) mass is 215 g/mol. The van der Waals surface area contributed by atoms with Gasteiger partial charge in [-0.15, -0.1) is 0 Å².